The minimum absolute atomic E-state index is 0.0603. The Bertz CT molecular complexity index is 519. The van der Waals surface area contributed by atoms with Crippen molar-refractivity contribution in [1.82, 2.24) is 5.32 Å². The summed E-state index contributed by atoms with van der Waals surface area (Å²) in [6.45, 7) is 3.86. The molecule has 1 atom stereocenters. The lowest BCUT2D eigenvalue weighted by atomic mass is 10.0. The summed E-state index contributed by atoms with van der Waals surface area (Å²) in [5.74, 6) is -0.111. The van der Waals surface area contributed by atoms with Crippen molar-refractivity contribution < 1.29 is 4.39 Å². The molecule has 1 nitrogen and oxygen atoms in total. The zero-order chi connectivity index (χ0) is 12.4. The predicted molar refractivity (Wildman–Crippen MR) is 71.1 cm³/mol. The summed E-state index contributed by atoms with van der Waals surface area (Å²) in [5, 5.41) is 5.24. The van der Waals surface area contributed by atoms with Crippen LogP contribution in [-0.4, -0.2) is 7.05 Å². The summed E-state index contributed by atoms with van der Waals surface area (Å²) < 4.78 is 14.1. The van der Waals surface area contributed by atoms with Crippen LogP contribution in [0, 0.1) is 19.7 Å². The van der Waals surface area contributed by atoms with Gasteiger partial charge in [0.05, 0.1) is 6.04 Å². The van der Waals surface area contributed by atoms with Crippen molar-refractivity contribution in [2.45, 2.75) is 19.9 Å². The number of nitrogens with one attached hydrogen (secondary N) is 1. The quantitative estimate of drug-likeness (QED) is 0.872. The van der Waals surface area contributed by atoms with Gasteiger partial charge in [-0.25, -0.2) is 4.39 Å². The van der Waals surface area contributed by atoms with Crippen molar-refractivity contribution in [2.75, 3.05) is 7.05 Å². The van der Waals surface area contributed by atoms with Gasteiger partial charge in [-0.15, -0.1) is 11.3 Å². The van der Waals surface area contributed by atoms with Gasteiger partial charge in [-0.2, -0.15) is 0 Å². The van der Waals surface area contributed by atoms with Crippen LogP contribution in [0.5, 0.6) is 0 Å². The first-order valence-corrected chi connectivity index (χ1v) is 6.49. The Morgan fingerprint density at radius 3 is 2.53 bits per heavy atom. The number of hydrogen-bond donors (Lipinski definition) is 1. The van der Waals surface area contributed by atoms with E-state index in [4.69, 9.17) is 0 Å². The van der Waals surface area contributed by atoms with E-state index in [1.165, 1.54) is 10.4 Å². The molecule has 0 amide bonds. The van der Waals surface area contributed by atoms with E-state index in [0.29, 0.717) is 5.56 Å². The molecule has 1 N–H and O–H groups in total. The van der Waals surface area contributed by atoms with Crippen molar-refractivity contribution in [1.29, 1.82) is 0 Å². The summed E-state index contributed by atoms with van der Waals surface area (Å²) in [5.41, 5.74) is 2.62. The molecule has 0 aliphatic rings. The first-order valence-electron chi connectivity index (χ1n) is 5.61. The molecular formula is C14H16FNS. The second-order valence-corrected chi connectivity index (χ2v) is 5.12. The van der Waals surface area contributed by atoms with Crippen molar-refractivity contribution in [2.24, 2.45) is 0 Å². The number of rotatable bonds is 3. The summed E-state index contributed by atoms with van der Waals surface area (Å²) in [6.07, 6.45) is 0. The maximum Gasteiger partial charge on any atom is 0.131 e. The van der Waals surface area contributed by atoms with Crippen LogP contribution in [0.3, 0.4) is 0 Å². The molecule has 0 aliphatic carbocycles. The topological polar surface area (TPSA) is 12.0 Å². The highest BCUT2D eigenvalue weighted by molar-refractivity contribution is 7.10. The third kappa shape index (κ3) is 2.26. The number of halogens is 1. The zero-order valence-corrected chi connectivity index (χ0v) is 11.1. The molecule has 90 valence electrons. The second kappa shape index (κ2) is 4.98. The van der Waals surface area contributed by atoms with Gasteiger partial charge < -0.3 is 5.32 Å². The fourth-order valence-electron chi connectivity index (χ4n) is 2.00. The molecule has 0 spiro atoms. The van der Waals surface area contributed by atoms with Gasteiger partial charge in [0.15, 0.2) is 0 Å². The Labute approximate surface area is 105 Å². The molecule has 1 aromatic carbocycles. The number of benzene rings is 1. The molecule has 1 unspecified atom stereocenters. The summed E-state index contributed by atoms with van der Waals surface area (Å²) >= 11 is 1.66. The molecule has 0 radical (unpaired) electrons. The molecule has 0 bridgehead atoms. The average molecular weight is 249 g/mol. The van der Waals surface area contributed by atoms with E-state index in [9.17, 15) is 4.39 Å². The van der Waals surface area contributed by atoms with E-state index in [-0.39, 0.29) is 11.9 Å². The summed E-state index contributed by atoms with van der Waals surface area (Å²) in [7, 11) is 1.87. The predicted octanol–water partition coefficient (Wildman–Crippen LogP) is 3.81. The highest BCUT2D eigenvalue weighted by atomic mass is 32.1. The van der Waals surface area contributed by atoms with E-state index in [0.717, 1.165) is 5.56 Å². The van der Waals surface area contributed by atoms with Gasteiger partial charge in [0, 0.05) is 10.4 Å². The van der Waals surface area contributed by atoms with E-state index in [1.807, 2.05) is 24.6 Å². The van der Waals surface area contributed by atoms with Crippen LogP contribution in [0.1, 0.15) is 27.6 Å². The van der Waals surface area contributed by atoms with Crippen LogP contribution in [0.4, 0.5) is 4.39 Å². The molecule has 0 saturated carbocycles. The molecule has 2 rings (SSSR count). The average Bonchev–Trinajstić information content (AvgIpc) is 2.72. The Morgan fingerprint density at radius 1 is 1.18 bits per heavy atom. The van der Waals surface area contributed by atoms with Gasteiger partial charge in [0.25, 0.3) is 0 Å². The first-order chi connectivity index (χ1) is 8.15. The van der Waals surface area contributed by atoms with E-state index in [2.05, 4.69) is 18.3 Å². The minimum atomic E-state index is -0.111. The maximum atomic E-state index is 14.1. The third-order valence-electron chi connectivity index (χ3n) is 2.99. The van der Waals surface area contributed by atoms with E-state index in [1.54, 1.807) is 24.3 Å². The maximum absolute atomic E-state index is 14.1. The van der Waals surface area contributed by atoms with Crippen LogP contribution in [-0.2, 0) is 0 Å². The molecule has 0 fully saturated rings. The number of thiophene rings is 1. The summed E-state index contributed by atoms with van der Waals surface area (Å²) in [4.78, 5) is 1.18. The van der Waals surface area contributed by atoms with Crippen LogP contribution >= 0.6 is 11.3 Å². The molecular weight excluding hydrogens is 233 g/mol. The Hall–Kier alpha value is -1.19. The molecule has 1 heterocycles. The number of hydrogen-bond acceptors (Lipinski definition) is 2. The lowest BCUT2D eigenvalue weighted by molar-refractivity contribution is 0.571. The van der Waals surface area contributed by atoms with Crippen LogP contribution < -0.4 is 5.32 Å². The molecule has 0 aliphatic heterocycles. The normalized spacial score (nSPS) is 12.7. The van der Waals surface area contributed by atoms with Gasteiger partial charge in [0.1, 0.15) is 5.82 Å². The highest BCUT2D eigenvalue weighted by Crippen LogP contribution is 2.31. The van der Waals surface area contributed by atoms with Gasteiger partial charge >= 0.3 is 0 Å². The largest absolute Gasteiger partial charge is 0.309 e. The van der Waals surface area contributed by atoms with Crippen molar-refractivity contribution in [3.05, 3.63) is 57.0 Å². The lowest BCUT2D eigenvalue weighted by Crippen LogP contribution is -2.19. The fraction of sp³-hybridized carbons (Fsp3) is 0.286. The molecule has 1 aromatic heterocycles. The lowest BCUT2D eigenvalue weighted by Gasteiger charge is -2.18. The SMILES string of the molecule is CNC(c1cccc(C)c1F)c1sccc1C. The molecule has 0 saturated heterocycles. The Morgan fingerprint density at radius 2 is 1.94 bits per heavy atom. The fourth-order valence-corrected chi connectivity index (χ4v) is 3.05. The number of aryl methyl sites for hydroxylation is 2. The van der Waals surface area contributed by atoms with Crippen molar-refractivity contribution >= 4 is 11.3 Å². The molecule has 2 aromatic rings. The first kappa shape index (κ1) is 12.3. The standard InChI is InChI=1S/C14H16FNS/c1-9-5-4-6-11(12(9)15)13(16-3)14-10(2)7-8-17-14/h4-8,13,16H,1-3H3. The molecule has 17 heavy (non-hydrogen) atoms. The van der Waals surface area contributed by atoms with Gasteiger partial charge in [-0.1, -0.05) is 18.2 Å². The van der Waals surface area contributed by atoms with Crippen molar-refractivity contribution in [3.63, 3.8) is 0 Å². The van der Waals surface area contributed by atoms with Crippen LogP contribution in [0.15, 0.2) is 29.6 Å². The van der Waals surface area contributed by atoms with Gasteiger partial charge in [0.2, 0.25) is 0 Å². The van der Waals surface area contributed by atoms with E-state index >= 15 is 0 Å². The minimum Gasteiger partial charge on any atom is -0.309 e. The van der Waals surface area contributed by atoms with Crippen LogP contribution in [0.25, 0.3) is 0 Å². The Kier molecular flexibility index (Phi) is 3.60. The summed E-state index contributed by atoms with van der Waals surface area (Å²) in [6, 6.07) is 7.56. The monoisotopic (exact) mass is 249 g/mol. The second-order valence-electron chi connectivity index (χ2n) is 4.17. The molecule has 3 heteroatoms. The van der Waals surface area contributed by atoms with Crippen molar-refractivity contribution in [3.8, 4) is 0 Å². The van der Waals surface area contributed by atoms with Gasteiger partial charge in [-0.05, 0) is 43.5 Å². The third-order valence-corrected chi connectivity index (χ3v) is 4.07. The highest BCUT2D eigenvalue weighted by Gasteiger charge is 2.19. The van der Waals surface area contributed by atoms with Gasteiger partial charge in [-0.3, -0.25) is 0 Å². The van der Waals surface area contributed by atoms with Crippen LogP contribution in [0.2, 0.25) is 0 Å². The zero-order valence-electron chi connectivity index (χ0n) is 10.3. The van der Waals surface area contributed by atoms with E-state index < -0.39 is 0 Å². The smallest absolute Gasteiger partial charge is 0.131 e. The Balaban J connectivity index is 2.50.